The van der Waals surface area contributed by atoms with E-state index in [1.165, 1.54) is 6.07 Å². The van der Waals surface area contributed by atoms with Gasteiger partial charge in [0, 0.05) is 10.1 Å². The van der Waals surface area contributed by atoms with Crippen molar-refractivity contribution in [3.63, 3.8) is 0 Å². The van der Waals surface area contributed by atoms with Crippen molar-refractivity contribution in [3.8, 4) is 5.75 Å². The van der Waals surface area contributed by atoms with Gasteiger partial charge in [-0.1, -0.05) is 19.1 Å². The number of anilines is 2. The third kappa shape index (κ3) is 3.47. The van der Waals surface area contributed by atoms with Crippen LogP contribution >= 0.6 is 22.6 Å². The Kier molecular flexibility index (Phi) is 5.06. The Balaban J connectivity index is 2.45. The van der Waals surface area contributed by atoms with Crippen molar-refractivity contribution < 1.29 is 9.90 Å². The van der Waals surface area contributed by atoms with Crippen LogP contribution in [0.4, 0.5) is 11.4 Å². The minimum atomic E-state index is -0.245. The number of benzene rings is 2. The second-order valence-electron chi connectivity index (χ2n) is 4.68. The van der Waals surface area contributed by atoms with Crippen molar-refractivity contribution in [1.82, 2.24) is 0 Å². The molecule has 3 N–H and O–H groups in total. The molecule has 0 aliphatic rings. The summed E-state index contributed by atoms with van der Waals surface area (Å²) in [6.07, 6.45) is 0.796. The molecule has 21 heavy (non-hydrogen) atoms. The predicted octanol–water partition coefficient (Wildman–Crippen LogP) is 3.64. The van der Waals surface area contributed by atoms with Crippen LogP contribution in [-0.2, 0) is 0 Å². The van der Waals surface area contributed by atoms with Crippen molar-refractivity contribution in [2.75, 3.05) is 17.2 Å². The third-order valence-corrected chi connectivity index (χ3v) is 3.78. The Morgan fingerprint density at radius 1 is 1.29 bits per heavy atom. The Morgan fingerprint density at radius 3 is 2.67 bits per heavy atom. The molecule has 0 fully saturated rings. The number of amides is 1. The molecule has 0 radical (unpaired) electrons. The Bertz CT molecular complexity index is 658. The highest BCUT2D eigenvalue weighted by Gasteiger charge is 2.21. The van der Waals surface area contributed by atoms with Gasteiger partial charge in [-0.25, -0.2) is 0 Å². The lowest BCUT2D eigenvalue weighted by atomic mass is 10.1. The molecule has 0 aliphatic heterocycles. The van der Waals surface area contributed by atoms with E-state index in [1.807, 2.05) is 25.1 Å². The number of nitrogens with zero attached hydrogens (tertiary/aromatic N) is 1. The molecule has 1 amide bonds. The molecule has 110 valence electrons. The van der Waals surface area contributed by atoms with E-state index in [2.05, 4.69) is 22.6 Å². The molecule has 0 atom stereocenters. The largest absolute Gasteiger partial charge is 0.507 e. The lowest BCUT2D eigenvalue weighted by Gasteiger charge is -2.24. The summed E-state index contributed by atoms with van der Waals surface area (Å²) >= 11 is 2.12. The fourth-order valence-electron chi connectivity index (χ4n) is 2.11. The minimum absolute atomic E-state index is 0.0176. The van der Waals surface area contributed by atoms with E-state index >= 15 is 0 Å². The molecule has 0 unspecified atom stereocenters. The number of rotatable bonds is 4. The smallest absolute Gasteiger partial charge is 0.262 e. The molecule has 2 rings (SSSR count). The summed E-state index contributed by atoms with van der Waals surface area (Å²) in [6.45, 7) is 2.53. The number of phenols is 1. The molecule has 5 heteroatoms. The van der Waals surface area contributed by atoms with Gasteiger partial charge in [0.15, 0.2) is 0 Å². The predicted molar refractivity (Wildman–Crippen MR) is 93.6 cm³/mol. The van der Waals surface area contributed by atoms with Gasteiger partial charge in [0.1, 0.15) is 5.75 Å². The first-order valence-electron chi connectivity index (χ1n) is 6.69. The summed E-state index contributed by atoms with van der Waals surface area (Å²) in [5.41, 5.74) is 7.48. The van der Waals surface area contributed by atoms with E-state index in [0.29, 0.717) is 23.5 Å². The van der Waals surface area contributed by atoms with Gasteiger partial charge in [0.2, 0.25) is 0 Å². The molecule has 2 aromatic carbocycles. The minimum Gasteiger partial charge on any atom is -0.507 e. The van der Waals surface area contributed by atoms with Crippen LogP contribution in [0.1, 0.15) is 23.7 Å². The van der Waals surface area contributed by atoms with Crippen LogP contribution in [0.3, 0.4) is 0 Å². The molecule has 0 aromatic heterocycles. The molecule has 4 nitrogen and oxygen atoms in total. The summed E-state index contributed by atoms with van der Waals surface area (Å²) in [4.78, 5) is 14.4. The SMILES string of the molecule is CCCN(C(=O)c1cc(I)ccc1O)c1ccccc1N. The van der Waals surface area contributed by atoms with Crippen LogP contribution in [-0.4, -0.2) is 17.6 Å². The monoisotopic (exact) mass is 396 g/mol. The number of hydrogen-bond acceptors (Lipinski definition) is 3. The van der Waals surface area contributed by atoms with E-state index in [-0.39, 0.29) is 11.7 Å². The average molecular weight is 396 g/mol. The normalized spacial score (nSPS) is 10.4. The van der Waals surface area contributed by atoms with Crippen molar-refractivity contribution in [3.05, 3.63) is 51.6 Å². The fourth-order valence-corrected chi connectivity index (χ4v) is 2.60. The number of halogens is 1. The van der Waals surface area contributed by atoms with Crippen molar-refractivity contribution in [2.24, 2.45) is 0 Å². The molecule has 0 saturated carbocycles. The summed E-state index contributed by atoms with van der Waals surface area (Å²) in [7, 11) is 0. The number of hydrogen-bond donors (Lipinski definition) is 2. The van der Waals surface area contributed by atoms with Crippen molar-refractivity contribution in [2.45, 2.75) is 13.3 Å². The van der Waals surface area contributed by atoms with Crippen LogP contribution in [0.2, 0.25) is 0 Å². The van der Waals surface area contributed by atoms with Crippen molar-refractivity contribution >= 4 is 39.9 Å². The number of nitrogens with two attached hydrogens (primary N) is 1. The van der Waals surface area contributed by atoms with Gasteiger partial charge in [0.25, 0.3) is 5.91 Å². The number of para-hydroxylation sites is 2. The van der Waals surface area contributed by atoms with Gasteiger partial charge in [0.05, 0.1) is 16.9 Å². The van der Waals surface area contributed by atoms with Crippen molar-refractivity contribution in [1.29, 1.82) is 0 Å². The maximum absolute atomic E-state index is 12.8. The van der Waals surface area contributed by atoms with Gasteiger partial charge in [-0.15, -0.1) is 0 Å². The summed E-state index contributed by atoms with van der Waals surface area (Å²) in [5.74, 6) is -0.262. The molecule has 0 heterocycles. The van der Waals surface area contributed by atoms with Gasteiger partial charge in [-0.3, -0.25) is 4.79 Å². The maximum Gasteiger partial charge on any atom is 0.262 e. The zero-order valence-electron chi connectivity index (χ0n) is 11.7. The first-order valence-corrected chi connectivity index (χ1v) is 7.77. The lowest BCUT2D eigenvalue weighted by Crippen LogP contribution is -2.32. The van der Waals surface area contributed by atoms with E-state index in [0.717, 1.165) is 9.99 Å². The highest BCUT2D eigenvalue weighted by molar-refractivity contribution is 14.1. The van der Waals surface area contributed by atoms with Crippen LogP contribution in [0.5, 0.6) is 5.75 Å². The van der Waals surface area contributed by atoms with Crippen LogP contribution in [0.25, 0.3) is 0 Å². The summed E-state index contributed by atoms with van der Waals surface area (Å²) in [6, 6.07) is 12.2. The van der Waals surface area contributed by atoms with Gasteiger partial charge in [-0.2, -0.15) is 0 Å². The zero-order valence-corrected chi connectivity index (χ0v) is 13.9. The highest BCUT2D eigenvalue weighted by atomic mass is 127. The van der Waals surface area contributed by atoms with E-state index in [4.69, 9.17) is 5.73 Å². The molecule has 0 aliphatic carbocycles. The quantitative estimate of drug-likeness (QED) is 0.613. The van der Waals surface area contributed by atoms with Gasteiger partial charge in [-0.05, 0) is 59.3 Å². The molecule has 0 saturated heterocycles. The van der Waals surface area contributed by atoms with E-state index in [9.17, 15) is 9.90 Å². The van der Waals surface area contributed by atoms with Crippen LogP contribution < -0.4 is 10.6 Å². The first-order chi connectivity index (χ1) is 10.0. The van der Waals surface area contributed by atoms with Crippen LogP contribution in [0.15, 0.2) is 42.5 Å². The van der Waals surface area contributed by atoms with Gasteiger partial charge < -0.3 is 15.7 Å². The Morgan fingerprint density at radius 2 is 2.00 bits per heavy atom. The second-order valence-corrected chi connectivity index (χ2v) is 5.92. The first kappa shape index (κ1) is 15.6. The zero-order chi connectivity index (χ0) is 15.4. The maximum atomic E-state index is 12.8. The summed E-state index contributed by atoms with van der Waals surface area (Å²) < 4.78 is 0.895. The fraction of sp³-hybridized carbons (Fsp3) is 0.188. The summed E-state index contributed by atoms with van der Waals surface area (Å²) in [5, 5.41) is 9.96. The Hall–Kier alpha value is -1.76. The average Bonchev–Trinajstić information content (AvgIpc) is 2.47. The van der Waals surface area contributed by atoms with E-state index < -0.39 is 0 Å². The standard InChI is InChI=1S/C16H17IN2O2/c1-2-9-19(14-6-4-3-5-13(14)18)16(21)12-10-11(17)7-8-15(12)20/h3-8,10,20H,2,9,18H2,1H3. The molecular weight excluding hydrogens is 379 g/mol. The number of carbonyl (C=O) groups excluding carboxylic acids is 1. The molecule has 0 spiro atoms. The second kappa shape index (κ2) is 6.80. The lowest BCUT2D eigenvalue weighted by molar-refractivity contribution is 0.0984. The molecule has 0 bridgehead atoms. The highest BCUT2D eigenvalue weighted by Crippen LogP contribution is 2.28. The number of aromatic hydroxyl groups is 1. The molecular formula is C16H17IN2O2. The van der Waals surface area contributed by atoms with Crippen LogP contribution in [0, 0.1) is 3.57 Å². The number of carbonyl (C=O) groups is 1. The van der Waals surface area contributed by atoms with Gasteiger partial charge >= 0.3 is 0 Å². The third-order valence-electron chi connectivity index (χ3n) is 3.11. The Labute approximate surface area is 137 Å². The number of phenolic OH excluding ortho intramolecular Hbond substituents is 1. The molecule has 2 aromatic rings. The van der Waals surface area contributed by atoms with E-state index in [1.54, 1.807) is 23.1 Å². The number of nitrogen functional groups attached to an aromatic ring is 1. The topological polar surface area (TPSA) is 66.6 Å².